The molecule has 1 aliphatic heterocycles. The molecule has 5 nitrogen and oxygen atoms in total. The van der Waals surface area contributed by atoms with E-state index >= 15 is 0 Å². The lowest BCUT2D eigenvalue weighted by molar-refractivity contribution is -0.137. The van der Waals surface area contributed by atoms with Crippen molar-refractivity contribution in [1.82, 2.24) is 9.80 Å². The third kappa shape index (κ3) is 5.11. The number of piperazine rings is 1. The maximum Gasteiger partial charge on any atom is 0.304 e. The van der Waals surface area contributed by atoms with Crippen molar-refractivity contribution in [3.05, 3.63) is 35.6 Å². The van der Waals surface area contributed by atoms with E-state index < -0.39 is 17.7 Å². The molecule has 1 unspecified atom stereocenters. The minimum Gasteiger partial charge on any atom is -0.481 e. The number of carboxylic acid groups (broad SMARTS) is 1. The molecular formula is C17H23FN2O3. The number of carbonyl (C=O) groups excluding carboxylic acids is 1. The van der Waals surface area contributed by atoms with Crippen LogP contribution in [-0.2, 0) is 4.79 Å². The summed E-state index contributed by atoms with van der Waals surface area (Å²) in [6.07, 6.45) is -0.204. The second-order valence-corrected chi connectivity index (χ2v) is 5.90. The predicted octanol–water partition coefficient (Wildman–Crippen LogP) is 1.74. The van der Waals surface area contributed by atoms with Gasteiger partial charge < -0.3 is 14.9 Å². The Hall–Kier alpha value is -1.79. The summed E-state index contributed by atoms with van der Waals surface area (Å²) >= 11 is 0. The van der Waals surface area contributed by atoms with E-state index in [1.807, 2.05) is 0 Å². The van der Waals surface area contributed by atoms with Crippen LogP contribution in [0.25, 0.3) is 0 Å². The zero-order valence-electron chi connectivity index (χ0n) is 13.4. The summed E-state index contributed by atoms with van der Waals surface area (Å²) in [6.45, 7) is 7.07. The van der Waals surface area contributed by atoms with Crippen LogP contribution in [0.3, 0.4) is 0 Å². The largest absolute Gasteiger partial charge is 0.481 e. The molecule has 0 bridgehead atoms. The lowest BCUT2D eigenvalue weighted by Gasteiger charge is -2.35. The lowest BCUT2D eigenvalue weighted by atomic mass is 9.93. The monoisotopic (exact) mass is 322 g/mol. The summed E-state index contributed by atoms with van der Waals surface area (Å²) in [7, 11) is 0. The quantitative estimate of drug-likeness (QED) is 0.775. The Morgan fingerprint density at radius 1 is 1.13 bits per heavy atom. The first-order chi connectivity index (χ1) is 11.0. The molecule has 2 rings (SSSR count). The second kappa shape index (κ2) is 8.17. The summed E-state index contributed by atoms with van der Waals surface area (Å²) in [6, 6.07) is 5.29. The molecule has 6 heteroatoms. The van der Waals surface area contributed by atoms with Gasteiger partial charge in [0, 0.05) is 44.2 Å². The maximum atomic E-state index is 13.0. The third-order valence-corrected chi connectivity index (χ3v) is 4.31. The number of nitrogens with zero attached hydrogens (tertiary/aromatic N) is 2. The van der Waals surface area contributed by atoms with Crippen molar-refractivity contribution in [1.29, 1.82) is 0 Å². The van der Waals surface area contributed by atoms with Crippen molar-refractivity contribution in [2.24, 2.45) is 5.92 Å². The van der Waals surface area contributed by atoms with Crippen molar-refractivity contribution in [3.63, 3.8) is 0 Å². The third-order valence-electron chi connectivity index (χ3n) is 4.31. The van der Waals surface area contributed by atoms with Gasteiger partial charge in [-0.1, -0.05) is 6.92 Å². The Balaban J connectivity index is 2.03. The van der Waals surface area contributed by atoms with E-state index in [0.29, 0.717) is 12.1 Å². The van der Waals surface area contributed by atoms with E-state index in [2.05, 4.69) is 16.7 Å². The van der Waals surface area contributed by atoms with Crippen molar-refractivity contribution < 1.29 is 19.1 Å². The number of Topliss-reactive ketones (excluding diaryl/α,β-unsaturated/α-hetero) is 1. The number of halogens is 1. The molecule has 1 saturated heterocycles. The number of likely N-dealkylation sites (N-methyl/N-ethyl adjacent to an activating group) is 1. The molecule has 1 N–H and O–H groups in total. The molecule has 0 spiro atoms. The van der Waals surface area contributed by atoms with Crippen molar-refractivity contribution >= 4 is 11.8 Å². The van der Waals surface area contributed by atoms with Crippen molar-refractivity contribution in [2.45, 2.75) is 13.3 Å². The van der Waals surface area contributed by atoms with Crippen LogP contribution in [0.2, 0.25) is 0 Å². The fourth-order valence-corrected chi connectivity index (χ4v) is 2.90. The number of rotatable bonds is 7. The molecule has 0 saturated carbocycles. The summed E-state index contributed by atoms with van der Waals surface area (Å²) < 4.78 is 13.0. The van der Waals surface area contributed by atoms with E-state index in [0.717, 1.165) is 32.7 Å². The van der Waals surface area contributed by atoms with Gasteiger partial charge in [0.05, 0.1) is 6.42 Å². The molecular weight excluding hydrogens is 299 g/mol. The molecule has 1 heterocycles. The average Bonchev–Trinajstić information content (AvgIpc) is 2.54. The molecule has 23 heavy (non-hydrogen) atoms. The highest BCUT2D eigenvalue weighted by Crippen LogP contribution is 2.16. The van der Waals surface area contributed by atoms with Crippen molar-refractivity contribution in [2.75, 3.05) is 39.3 Å². The molecule has 1 aliphatic rings. The molecule has 0 radical (unpaired) electrons. The van der Waals surface area contributed by atoms with Gasteiger partial charge in [0.1, 0.15) is 5.82 Å². The number of ketones is 1. The summed E-state index contributed by atoms with van der Waals surface area (Å²) in [5, 5.41) is 9.09. The zero-order chi connectivity index (χ0) is 16.8. The highest BCUT2D eigenvalue weighted by Gasteiger charge is 2.27. The number of hydrogen-bond donors (Lipinski definition) is 1. The van der Waals surface area contributed by atoms with Gasteiger partial charge in [0.25, 0.3) is 0 Å². The first-order valence-electron chi connectivity index (χ1n) is 7.96. The Morgan fingerprint density at radius 2 is 1.70 bits per heavy atom. The number of benzene rings is 1. The Kier molecular flexibility index (Phi) is 6.24. The van der Waals surface area contributed by atoms with Gasteiger partial charge in [-0.3, -0.25) is 9.59 Å². The van der Waals surface area contributed by atoms with Crippen LogP contribution in [0, 0.1) is 11.7 Å². The topological polar surface area (TPSA) is 60.9 Å². The summed E-state index contributed by atoms with van der Waals surface area (Å²) in [5.74, 6) is -2.24. The minimum absolute atomic E-state index is 0.204. The number of carboxylic acids is 1. The van der Waals surface area contributed by atoms with Crippen molar-refractivity contribution in [3.8, 4) is 0 Å². The van der Waals surface area contributed by atoms with Gasteiger partial charge >= 0.3 is 5.97 Å². The molecule has 0 amide bonds. The Labute approximate surface area is 135 Å². The number of hydrogen-bond acceptors (Lipinski definition) is 4. The number of carbonyl (C=O) groups is 2. The smallest absolute Gasteiger partial charge is 0.304 e. The highest BCUT2D eigenvalue weighted by atomic mass is 19.1. The lowest BCUT2D eigenvalue weighted by Crippen LogP contribution is -2.48. The normalized spacial score (nSPS) is 17.8. The first kappa shape index (κ1) is 17.6. The molecule has 0 aliphatic carbocycles. The van der Waals surface area contributed by atoms with E-state index in [-0.39, 0.29) is 12.2 Å². The van der Waals surface area contributed by atoms with Gasteiger partial charge in [0.2, 0.25) is 0 Å². The van der Waals surface area contributed by atoms with E-state index in [9.17, 15) is 14.0 Å². The van der Waals surface area contributed by atoms with Gasteiger partial charge in [0.15, 0.2) is 5.78 Å². The van der Waals surface area contributed by atoms with Gasteiger partial charge in [-0.15, -0.1) is 0 Å². The van der Waals surface area contributed by atoms with Gasteiger partial charge in [-0.25, -0.2) is 4.39 Å². The summed E-state index contributed by atoms with van der Waals surface area (Å²) in [5.41, 5.74) is 0.366. The molecule has 1 aromatic rings. The van der Waals surface area contributed by atoms with E-state index in [1.54, 1.807) is 0 Å². The van der Waals surface area contributed by atoms with Crippen LogP contribution in [0.4, 0.5) is 4.39 Å². The number of aliphatic carboxylic acids is 1. The molecule has 0 aromatic heterocycles. The molecule has 1 aromatic carbocycles. The second-order valence-electron chi connectivity index (χ2n) is 5.90. The van der Waals surface area contributed by atoms with Crippen LogP contribution < -0.4 is 0 Å². The Morgan fingerprint density at radius 3 is 2.22 bits per heavy atom. The standard InChI is InChI=1S/C17H23FN2O3/c1-2-19-7-9-20(10-8-19)12-14(11-16(21)22)17(23)13-3-5-15(18)6-4-13/h3-6,14H,2,7-12H2,1H3,(H,21,22). The highest BCUT2D eigenvalue weighted by molar-refractivity contribution is 5.99. The Bertz CT molecular complexity index is 539. The fraction of sp³-hybridized carbons (Fsp3) is 0.529. The zero-order valence-corrected chi connectivity index (χ0v) is 13.4. The fourth-order valence-electron chi connectivity index (χ4n) is 2.90. The van der Waals surface area contributed by atoms with Gasteiger partial charge in [-0.05, 0) is 30.8 Å². The van der Waals surface area contributed by atoms with E-state index in [4.69, 9.17) is 5.11 Å². The molecule has 1 atom stereocenters. The predicted molar refractivity (Wildman–Crippen MR) is 85.0 cm³/mol. The molecule has 1 fully saturated rings. The minimum atomic E-state index is -0.988. The van der Waals surface area contributed by atoms with Gasteiger partial charge in [-0.2, -0.15) is 0 Å². The van der Waals surface area contributed by atoms with E-state index in [1.165, 1.54) is 24.3 Å². The summed E-state index contributed by atoms with van der Waals surface area (Å²) in [4.78, 5) is 28.1. The maximum absolute atomic E-state index is 13.0. The SMILES string of the molecule is CCN1CCN(CC(CC(=O)O)C(=O)c2ccc(F)cc2)CC1. The van der Waals surface area contributed by atoms with Crippen LogP contribution in [0.5, 0.6) is 0 Å². The van der Waals surface area contributed by atoms with Crippen LogP contribution >= 0.6 is 0 Å². The molecule has 126 valence electrons. The first-order valence-corrected chi connectivity index (χ1v) is 7.96. The average molecular weight is 322 g/mol. The van der Waals surface area contributed by atoms with Crippen LogP contribution in [0.1, 0.15) is 23.7 Å². The van der Waals surface area contributed by atoms with Crippen LogP contribution in [-0.4, -0.2) is 65.9 Å². The van der Waals surface area contributed by atoms with Crippen LogP contribution in [0.15, 0.2) is 24.3 Å².